The number of nitrogens with zero attached hydrogens (tertiary/aromatic N) is 5. The van der Waals surface area contributed by atoms with Gasteiger partial charge in [0.2, 0.25) is 17.6 Å². The third kappa shape index (κ3) is 5.52. The van der Waals surface area contributed by atoms with Crippen LogP contribution in [0.4, 0.5) is 0 Å². The van der Waals surface area contributed by atoms with Crippen LogP contribution in [0.25, 0.3) is 17.1 Å². The number of hydrogen-bond donors (Lipinski definition) is 2. The summed E-state index contributed by atoms with van der Waals surface area (Å²) in [5.74, 6) is 0.811. The van der Waals surface area contributed by atoms with E-state index in [4.69, 9.17) is 4.52 Å². The molecule has 2 aromatic heterocycles. The highest BCUT2D eigenvalue weighted by atomic mass is 16.5. The molecule has 0 aliphatic carbocycles. The predicted molar refractivity (Wildman–Crippen MR) is 124 cm³/mol. The van der Waals surface area contributed by atoms with Crippen molar-refractivity contribution in [3.8, 4) is 17.1 Å². The molecule has 0 saturated carbocycles. The van der Waals surface area contributed by atoms with E-state index in [9.17, 15) is 9.59 Å². The first-order chi connectivity index (χ1) is 16.5. The lowest BCUT2D eigenvalue weighted by molar-refractivity contribution is -0.121. The molecule has 0 bridgehead atoms. The van der Waals surface area contributed by atoms with Crippen LogP contribution < -0.4 is 10.9 Å². The molecule has 0 radical (unpaired) electrons. The van der Waals surface area contributed by atoms with Gasteiger partial charge in [-0.15, -0.1) is 5.10 Å². The molecule has 0 atom stereocenters. The van der Waals surface area contributed by atoms with Gasteiger partial charge in [0, 0.05) is 24.3 Å². The number of para-hydroxylation sites is 1. The second kappa shape index (κ2) is 10.5. The van der Waals surface area contributed by atoms with Gasteiger partial charge >= 0.3 is 5.91 Å². The number of nitrogens with one attached hydrogen (secondary N) is 2. The molecule has 4 aromatic rings. The topological polar surface area (TPSA) is 128 Å². The molecule has 2 amide bonds. The van der Waals surface area contributed by atoms with Crippen LogP contribution in [-0.4, -0.2) is 36.7 Å². The molecule has 0 spiro atoms. The fourth-order valence-electron chi connectivity index (χ4n) is 3.18. The van der Waals surface area contributed by atoms with E-state index in [-0.39, 0.29) is 24.1 Å². The Labute approximate surface area is 196 Å². The maximum Gasteiger partial charge on any atom is 0.309 e. The molecule has 10 nitrogen and oxygen atoms in total. The third-order valence-corrected chi connectivity index (χ3v) is 4.95. The van der Waals surface area contributed by atoms with Crippen molar-refractivity contribution >= 4 is 11.8 Å². The van der Waals surface area contributed by atoms with Crippen LogP contribution in [0.15, 0.2) is 65.2 Å². The van der Waals surface area contributed by atoms with E-state index in [1.165, 1.54) is 0 Å². The van der Waals surface area contributed by atoms with Crippen molar-refractivity contribution in [3.63, 3.8) is 0 Å². The number of hydrazine groups is 1. The van der Waals surface area contributed by atoms with Gasteiger partial charge in [-0.1, -0.05) is 67.5 Å². The number of carbonyl (C=O) groups excluding carboxylic acids is 2. The summed E-state index contributed by atoms with van der Waals surface area (Å²) < 4.78 is 6.77. The lowest BCUT2D eigenvalue weighted by atomic mass is 10.2. The van der Waals surface area contributed by atoms with E-state index in [0.717, 1.165) is 11.3 Å². The average Bonchev–Trinajstić information content (AvgIpc) is 3.52. The Morgan fingerprint density at radius 1 is 0.971 bits per heavy atom. The minimum atomic E-state index is -0.612. The van der Waals surface area contributed by atoms with Crippen molar-refractivity contribution in [2.75, 3.05) is 0 Å². The van der Waals surface area contributed by atoms with Crippen molar-refractivity contribution in [1.29, 1.82) is 0 Å². The van der Waals surface area contributed by atoms with Gasteiger partial charge in [-0.2, -0.15) is 4.98 Å². The summed E-state index contributed by atoms with van der Waals surface area (Å²) in [6.07, 6.45) is 1.16. The predicted octanol–water partition coefficient (Wildman–Crippen LogP) is 3.22. The van der Waals surface area contributed by atoms with Crippen molar-refractivity contribution < 1.29 is 14.1 Å². The summed E-state index contributed by atoms with van der Waals surface area (Å²) in [7, 11) is 0. The van der Waals surface area contributed by atoms with E-state index >= 15 is 0 Å². The maximum absolute atomic E-state index is 12.6. The second-order valence-corrected chi connectivity index (χ2v) is 7.93. The fraction of sp³-hybridized carbons (Fsp3) is 0.250. The summed E-state index contributed by atoms with van der Waals surface area (Å²) in [5.41, 5.74) is 6.36. The molecule has 2 heterocycles. The Morgan fingerprint density at radius 3 is 2.35 bits per heavy atom. The average molecular weight is 460 g/mol. The molecule has 2 aromatic carbocycles. The normalized spacial score (nSPS) is 10.9. The molecular formula is C24H25N7O3. The Bertz CT molecular complexity index is 1190. The van der Waals surface area contributed by atoms with Gasteiger partial charge in [-0.3, -0.25) is 20.4 Å². The van der Waals surface area contributed by atoms with Gasteiger partial charge in [0.1, 0.15) is 0 Å². The van der Waals surface area contributed by atoms with Gasteiger partial charge in [0.05, 0.1) is 5.69 Å². The number of aryl methyl sites for hydroxylation is 1. The van der Waals surface area contributed by atoms with Gasteiger partial charge in [0.25, 0.3) is 0 Å². The first-order valence-corrected chi connectivity index (χ1v) is 11.0. The zero-order chi connectivity index (χ0) is 23.9. The smallest absolute Gasteiger partial charge is 0.309 e. The summed E-state index contributed by atoms with van der Waals surface area (Å²) in [5, 5.41) is 8.27. The molecule has 0 aliphatic rings. The highest BCUT2D eigenvalue weighted by Gasteiger charge is 2.19. The van der Waals surface area contributed by atoms with E-state index in [2.05, 4.69) is 31.1 Å². The number of carbonyl (C=O) groups is 2. The monoisotopic (exact) mass is 459 g/mol. The van der Waals surface area contributed by atoms with Crippen molar-refractivity contribution in [2.45, 2.75) is 39.0 Å². The van der Waals surface area contributed by atoms with Crippen LogP contribution in [0.5, 0.6) is 0 Å². The molecule has 0 unspecified atom stereocenters. The number of amides is 2. The maximum atomic E-state index is 12.6. The second-order valence-electron chi connectivity index (χ2n) is 7.93. The lowest BCUT2D eigenvalue weighted by Crippen LogP contribution is -2.42. The number of aromatic nitrogens is 5. The molecule has 10 heteroatoms. The molecule has 4 rings (SSSR count). The van der Waals surface area contributed by atoms with E-state index in [1.54, 1.807) is 4.68 Å². The van der Waals surface area contributed by atoms with Gasteiger partial charge in [-0.05, 0) is 18.6 Å². The van der Waals surface area contributed by atoms with Crippen LogP contribution in [0.2, 0.25) is 0 Å². The Kier molecular flexibility index (Phi) is 7.07. The Balaban J connectivity index is 1.37. The summed E-state index contributed by atoms with van der Waals surface area (Å²) in [6.45, 7) is 3.96. The SMILES string of the molecule is CC(C)c1noc(CCCC(=O)NNC(=O)c2nc(-c3ccccc3)n(-c3ccccc3)n2)n1. The molecule has 2 N–H and O–H groups in total. The zero-order valence-corrected chi connectivity index (χ0v) is 18.9. The molecule has 174 valence electrons. The number of rotatable bonds is 8. The highest BCUT2D eigenvalue weighted by molar-refractivity contribution is 5.92. The first kappa shape index (κ1) is 22.8. The summed E-state index contributed by atoms with van der Waals surface area (Å²) >= 11 is 0. The lowest BCUT2D eigenvalue weighted by Gasteiger charge is -2.05. The van der Waals surface area contributed by atoms with Crippen LogP contribution >= 0.6 is 0 Å². The third-order valence-electron chi connectivity index (χ3n) is 4.95. The van der Waals surface area contributed by atoms with E-state index in [0.29, 0.717) is 30.4 Å². The van der Waals surface area contributed by atoms with E-state index in [1.807, 2.05) is 74.5 Å². The minimum absolute atomic E-state index is 0.0601. The summed E-state index contributed by atoms with van der Waals surface area (Å²) in [4.78, 5) is 33.5. The number of benzene rings is 2. The zero-order valence-electron chi connectivity index (χ0n) is 18.9. The molecule has 0 fully saturated rings. The molecular weight excluding hydrogens is 434 g/mol. The minimum Gasteiger partial charge on any atom is -0.339 e. The highest BCUT2D eigenvalue weighted by Crippen LogP contribution is 2.21. The van der Waals surface area contributed by atoms with Crippen molar-refractivity contribution in [2.24, 2.45) is 0 Å². The summed E-state index contributed by atoms with van der Waals surface area (Å²) in [6, 6.07) is 18.9. The van der Waals surface area contributed by atoms with E-state index < -0.39 is 5.91 Å². The Hall–Kier alpha value is -4.34. The molecule has 34 heavy (non-hydrogen) atoms. The van der Waals surface area contributed by atoms with Gasteiger partial charge in [0.15, 0.2) is 11.6 Å². The first-order valence-electron chi connectivity index (χ1n) is 11.0. The van der Waals surface area contributed by atoms with Crippen LogP contribution in [-0.2, 0) is 11.2 Å². The van der Waals surface area contributed by atoms with Crippen LogP contribution in [0.1, 0.15) is 54.9 Å². The van der Waals surface area contributed by atoms with Gasteiger partial charge < -0.3 is 4.52 Å². The molecule has 0 aliphatic heterocycles. The van der Waals surface area contributed by atoms with Gasteiger partial charge in [-0.25, -0.2) is 9.67 Å². The quantitative estimate of drug-likeness (QED) is 0.387. The van der Waals surface area contributed by atoms with Crippen LogP contribution in [0.3, 0.4) is 0 Å². The van der Waals surface area contributed by atoms with Crippen molar-refractivity contribution in [1.82, 2.24) is 35.8 Å². The number of hydrogen-bond acceptors (Lipinski definition) is 7. The standard InChI is InChI=1S/C24H25N7O3/c1-16(2)21-25-20(34-30-21)15-9-14-19(32)27-28-24(33)22-26-23(17-10-5-3-6-11-17)31(29-22)18-12-7-4-8-13-18/h3-8,10-13,16H,9,14-15H2,1-2H3,(H,27,32)(H,28,33). The Morgan fingerprint density at radius 2 is 1.68 bits per heavy atom. The van der Waals surface area contributed by atoms with Crippen LogP contribution in [0, 0.1) is 0 Å². The van der Waals surface area contributed by atoms with Crippen molar-refractivity contribution in [3.05, 3.63) is 78.2 Å². The largest absolute Gasteiger partial charge is 0.339 e. The fourth-order valence-corrected chi connectivity index (χ4v) is 3.18. The molecule has 0 saturated heterocycles.